The Morgan fingerprint density at radius 3 is 2.73 bits per heavy atom. The maximum Gasteiger partial charge on any atom is 0.459 e. The third-order valence-corrected chi connectivity index (χ3v) is 8.78. The molecule has 1 aliphatic rings. The Bertz CT molecular complexity index is 1810. The van der Waals surface area contributed by atoms with Crippen LogP contribution in [-0.2, 0) is 30.0 Å². The third-order valence-electron chi connectivity index (χ3n) is 7.15. The number of fused-ring (bicyclic) bond motifs is 2. The second-order valence-corrected chi connectivity index (χ2v) is 12.0. The highest BCUT2D eigenvalue weighted by Gasteiger charge is 2.39. The number of aliphatic hydroxyl groups is 1. The number of hydrogen-bond donors (Lipinski definition) is 3. The van der Waals surface area contributed by atoms with Crippen molar-refractivity contribution in [1.82, 2.24) is 24.6 Å². The van der Waals surface area contributed by atoms with Gasteiger partial charge in [0, 0.05) is 11.8 Å². The van der Waals surface area contributed by atoms with Crippen molar-refractivity contribution < 1.29 is 33.0 Å². The minimum absolute atomic E-state index is 0.0513. The van der Waals surface area contributed by atoms with Crippen molar-refractivity contribution in [1.29, 1.82) is 0 Å². The molecule has 1 fully saturated rings. The summed E-state index contributed by atoms with van der Waals surface area (Å²) in [7, 11) is -4.22. The molecule has 1 unspecified atom stereocenters. The van der Waals surface area contributed by atoms with E-state index in [0.29, 0.717) is 22.3 Å². The van der Waals surface area contributed by atoms with Crippen LogP contribution in [0.5, 0.6) is 5.75 Å². The Kier molecular flexibility index (Phi) is 8.56. The molecule has 4 N–H and O–H groups in total. The van der Waals surface area contributed by atoms with E-state index in [9.17, 15) is 14.5 Å². The first-order valence-electron chi connectivity index (χ1n) is 14.0. The van der Waals surface area contributed by atoms with Crippen LogP contribution in [0.1, 0.15) is 25.1 Å². The summed E-state index contributed by atoms with van der Waals surface area (Å²) in [4.78, 5) is 25.3. The van der Waals surface area contributed by atoms with Crippen LogP contribution in [0.15, 0.2) is 85.5 Å². The Morgan fingerprint density at radius 2 is 1.89 bits per heavy atom. The van der Waals surface area contributed by atoms with Crippen LogP contribution >= 0.6 is 7.75 Å². The largest absolute Gasteiger partial charge is 0.460 e. The number of anilines is 1. The average molecular weight is 619 g/mol. The lowest BCUT2D eigenvalue weighted by atomic mass is 10.1. The van der Waals surface area contributed by atoms with Crippen molar-refractivity contribution in [3.8, 4) is 5.75 Å². The number of nitrogens with zero attached hydrogens (tertiary/aromatic N) is 4. The fourth-order valence-corrected chi connectivity index (χ4v) is 6.50. The Morgan fingerprint density at radius 1 is 1.11 bits per heavy atom. The molecule has 3 aromatic carbocycles. The molecule has 0 radical (unpaired) electrons. The van der Waals surface area contributed by atoms with Crippen molar-refractivity contribution in [3.05, 3.63) is 91.0 Å². The van der Waals surface area contributed by atoms with E-state index in [2.05, 4.69) is 20.0 Å². The molecule has 1 saturated heterocycles. The van der Waals surface area contributed by atoms with Gasteiger partial charge in [0.25, 0.3) is 0 Å². The van der Waals surface area contributed by atoms with Gasteiger partial charge in [-0.3, -0.25) is 13.9 Å². The summed E-state index contributed by atoms with van der Waals surface area (Å²) in [5.41, 5.74) is 7.49. The summed E-state index contributed by atoms with van der Waals surface area (Å²) in [6.45, 7) is 1.34. The highest BCUT2D eigenvalue weighted by molar-refractivity contribution is 7.52. The van der Waals surface area contributed by atoms with Gasteiger partial charge in [0.05, 0.1) is 19.0 Å². The zero-order chi connectivity index (χ0) is 30.7. The summed E-state index contributed by atoms with van der Waals surface area (Å²) in [6, 6.07) is 21.0. The molecule has 228 valence electrons. The normalized spacial score (nSPS) is 20.4. The number of carbonyl (C=O) groups is 1. The quantitative estimate of drug-likeness (QED) is 0.143. The summed E-state index contributed by atoms with van der Waals surface area (Å²) < 4.78 is 39.2. The molecule has 1 aliphatic heterocycles. The number of nitrogens with one attached hydrogen (secondary N) is 1. The molecule has 5 aromatic rings. The SMILES string of the molecule is C[C@H](NP(=O)(OC[C@@H]1C[C@H](O)[C@H](n2cnc3c(N)ncnc32)O1)Oc1cccc2ccccc12)C(=O)OCc1ccccc1. The summed E-state index contributed by atoms with van der Waals surface area (Å²) in [5.74, 6) is -0.133. The molecular formula is C30H31N6O7P. The summed E-state index contributed by atoms with van der Waals surface area (Å²) in [6.07, 6.45) is 0.449. The van der Waals surface area contributed by atoms with Crippen LogP contribution < -0.4 is 15.3 Å². The number of esters is 1. The van der Waals surface area contributed by atoms with Crippen LogP contribution in [0.4, 0.5) is 5.82 Å². The minimum Gasteiger partial charge on any atom is -0.460 e. The fourth-order valence-electron chi connectivity index (χ4n) is 4.96. The van der Waals surface area contributed by atoms with E-state index in [1.807, 2.05) is 60.7 Å². The lowest BCUT2D eigenvalue weighted by molar-refractivity contribution is -0.146. The van der Waals surface area contributed by atoms with E-state index in [4.69, 9.17) is 24.3 Å². The number of aliphatic hydroxyl groups excluding tert-OH is 1. The van der Waals surface area contributed by atoms with Gasteiger partial charge in [-0.15, -0.1) is 0 Å². The lowest BCUT2D eigenvalue weighted by Gasteiger charge is -2.24. The van der Waals surface area contributed by atoms with Gasteiger partial charge in [-0.05, 0) is 23.9 Å². The molecule has 3 heterocycles. The summed E-state index contributed by atoms with van der Waals surface area (Å²) in [5, 5.41) is 15.1. The number of nitrogens with two attached hydrogens (primary N) is 1. The number of carbonyl (C=O) groups excluding carboxylic acids is 1. The zero-order valence-electron chi connectivity index (χ0n) is 23.7. The number of benzene rings is 3. The minimum atomic E-state index is -4.22. The second kappa shape index (κ2) is 12.7. The van der Waals surface area contributed by atoms with Gasteiger partial charge in [0.15, 0.2) is 17.7 Å². The molecular weight excluding hydrogens is 587 g/mol. The monoisotopic (exact) mass is 618 g/mol. The number of ether oxygens (including phenoxy) is 2. The maximum atomic E-state index is 14.2. The molecule has 2 aromatic heterocycles. The van der Waals surface area contributed by atoms with Crippen molar-refractivity contribution in [2.24, 2.45) is 0 Å². The number of hydrogen-bond acceptors (Lipinski definition) is 11. The van der Waals surface area contributed by atoms with Gasteiger partial charge >= 0.3 is 13.7 Å². The smallest absolute Gasteiger partial charge is 0.459 e. The molecule has 6 rings (SSSR count). The number of rotatable bonds is 11. The number of nitrogen functional groups attached to an aromatic ring is 1. The average Bonchev–Trinajstić information content (AvgIpc) is 3.63. The molecule has 0 bridgehead atoms. The van der Waals surface area contributed by atoms with E-state index < -0.39 is 38.2 Å². The topological polar surface area (TPSA) is 173 Å². The van der Waals surface area contributed by atoms with Crippen LogP contribution in [0, 0.1) is 0 Å². The van der Waals surface area contributed by atoms with E-state index in [-0.39, 0.29) is 25.5 Å². The highest BCUT2D eigenvalue weighted by Crippen LogP contribution is 2.47. The first-order chi connectivity index (χ1) is 21.3. The summed E-state index contributed by atoms with van der Waals surface area (Å²) >= 11 is 0. The van der Waals surface area contributed by atoms with Crippen LogP contribution in [0.2, 0.25) is 0 Å². The molecule has 13 nitrogen and oxygen atoms in total. The molecule has 44 heavy (non-hydrogen) atoms. The van der Waals surface area contributed by atoms with Gasteiger partial charge in [0.2, 0.25) is 0 Å². The molecule has 5 atom stereocenters. The van der Waals surface area contributed by atoms with Gasteiger partial charge in [-0.1, -0.05) is 66.7 Å². The van der Waals surface area contributed by atoms with Crippen molar-refractivity contribution >= 4 is 41.5 Å². The van der Waals surface area contributed by atoms with Gasteiger partial charge < -0.3 is 24.8 Å². The first-order valence-corrected chi connectivity index (χ1v) is 15.5. The van der Waals surface area contributed by atoms with E-state index in [1.165, 1.54) is 19.6 Å². The number of imidazole rings is 1. The fraction of sp³-hybridized carbons (Fsp3) is 0.267. The van der Waals surface area contributed by atoms with E-state index >= 15 is 0 Å². The van der Waals surface area contributed by atoms with Crippen LogP contribution in [-0.4, -0.2) is 55.5 Å². The molecule has 0 saturated carbocycles. The van der Waals surface area contributed by atoms with Crippen LogP contribution in [0.3, 0.4) is 0 Å². The van der Waals surface area contributed by atoms with Crippen molar-refractivity contribution in [2.75, 3.05) is 12.3 Å². The Labute approximate surface area is 252 Å². The van der Waals surface area contributed by atoms with Gasteiger partial charge in [0.1, 0.15) is 36.3 Å². The standard InChI is InChI=1S/C30H31N6O7P/c1-19(30(38)40-15-20-8-3-2-4-9-20)35-44(39,43-25-13-7-11-21-10-5-6-12-23(21)25)41-16-22-14-24(37)29(42-22)36-18-34-26-27(31)32-17-33-28(26)36/h2-13,17-19,22,24,29,37H,14-16H2,1H3,(H,35,39)(H2,31,32,33)/t19-,22-,24-,29+,44?/m0/s1. The van der Waals surface area contributed by atoms with Gasteiger partial charge in [-0.25, -0.2) is 19.5 Å². The second-order valence-electron chi connectivity index (χ2n) is 10.3. The highest BCUT2D eigenvalue weighted by atomic mass is 31.2. The maximum absolute atomic E-state index is 14.2. The lowest BCUT2D eigenvalue weighted by Crippen LogP contribution is -2.35. The molecule has 0 amide bonds. The first kappa shape index (κ1) is 29.7. The molecule has 0 aliphatic carbocycles. The van der Waals surface area contributed by atoms with Crippen molar-refractivity contribution in [2.45, 2.75) is 44.4 Å². The van der Waals surface area contributed by atoms with E-state index in [0.717, 1.165) is 10.9 Å². The zero-order valence-corrected chi connectivity index (χ0v) is 24.6. The van der Waals surface area contributed by atoms with E-state index in [1.54, 1.807) is 16.7 Å². The Balaban J connectivity index is 1.18. The van der Waals surface area contributed by atoms with Gasteiger partial charge in [-0.2, -0.15) is 5.09 Å². The number of aromatic nitrogens is 4. The predicted molar refractivity (Wildman–Crippen MR) is 161 cm³/mol. The van der Waals surface area contributed by atoms with Crippen molar-refractivity contribution in [3.63, 3.8) is 0 Å². The molecule has 14 heteroatoms. The Hall–Kier alpha value is -4.39. The third kappa shape index (κ3) is 6.42. The molecule has 0 spiro atoms. The van der Waals surface area contributed by atoms with Crippen LogP contribution in [0.25, 0.3) is 21.9 Å². The predicted octanol–water partition coefficient (Wildman–Crippen LogP) is 4.14.